The van der Waals surface area contributed by atoms with Gasteiger partial charge in [-0.2, -0.15) is 10.1 Å². The van der Waals surface area contributed by atoms with Gasteiger partial charge in [0, 0.05) is 24.0 Å². The van der Waals surface area contributed by atoms with Crippen LogP contribution in [0.3, 0.4) is 0 Å². The number of nitrogens with one attached hydrogen (secondary N) is 3. The van der Waals surface area contributed by atoms with E-state index in [1.54, 1.807) is 6.20 Å². The van der Waals surface area contributed by atoms with E-state index in [1.807, 2.05) is 13.0 Å². The normalized spacial score (nSPS) is 16.5. The van der Waals surface area contributed by atoms with Crippen LogP contribution in [0.4, 0.5) is 23.3 Å². The maximum atomic E-state index is 11.3. The first kappa shape index (κ1) is 23.0. The molecule has 1 atom stereocenters. The van der Waals surface area contributed by atoms with Gasteiger partial charge in [0.2, 0.25) is 11.9 Å². The molecule has 1 unspecified atom stereocenters. The van der Waals surface area contributed by atoms with Crippen molar-refractivity contribution >= 4 is 40.8 Å². The Labute approximate surface area is 198 Å². The van der Waals surface area contributed by atoms with Crippen LogP contribution in [0.2, 0.25) is 5.02 Å². The molecular weight excluding hydrogens is 440 g/mol. The molecule has 4 rings (SSSR count). The van der Waals surface area contributed by atoms with Gasteiger partial charge in [-0.05, 0) is 68.8 Å². The standard InChI is InChI=1S/C23H29ClN8O/c1-13-8-19(14(2)7-17(13)16-5-4-6-32(11-16)12-20(25)33)27-23-26-10-18(24)22(29-23)28-21-9-15(3)30-31-21/h7-10,16H,4-6,11-12H2,1-3H3,(H2,25,33)(H3,26,27,28,29,30,31). The number of amides is 1. The molecule has 10 heteroatoms. The second kappa shape index (κ2) is 9.76. The first-order chi connectivity index (χ1) is 15.8. The Kier molecular flexibility index (Phi) is 6.80. The molecule has 0 spiro atoms. The van der Waals surface area contributed by atoms with Gasteiger partial charge in [0.1, 0.15) is 5.02 Å². The van der Waals surface area contributed by atoms with E-state index in [2.05, 4.69) is 61.7 Å². The Hall–Kier alpha value is -3.17. The van der Waals surface area contributed by atoms with Crippen molar-refractivity contribution in [1.29, 1.82) is 0 Å². The number of aromatic amines is 1. The van der Waals surface area contributed by atoms with Gasteiger partial charge in [-0.3, -0.25) is 14.8 Å². The molecule has 174 valence electrons. The van der Waals surface area contributed by atoms with Gasteiger partial charge in [-0.25, -0.2) is 4.98 Å². The summed E-state index contributed by atoms with van der Waals surface area (Å²) in [6, 6.07) is 6.21. The first-order valence-corrected chi connectivity index (χ1v) is 11.4. The first-order valence-electron chi connectivity index (χ1n) is 11.0. The van der Waals surface area contributed by atoms with Gasteiger partial charge >= 0.3 is 0 Å². The fourth-order valence-corrected chi connectivity index (χ4v) is 4.46. The second-order valence-electron chi connectivity index (χ2n) is 8.64. The van der Waals surface area contributed by atoms with Crippen LogP contribution in [0, 0.1) is 20.8 Å². The fourth-order valence-electron chi connectivity index (χ4n) is 4.33. The van der Waals surface area contributed by atoms with E-state index >= 15 is 0 Å². The largest absolute Gasteiger partial charge is 0.369 e. The summed E-state index contributed by atoms with van der Waals surface area (Å²) in [7, 11) is 0. The predicted octanol–water partition coefficient (Wildman–Crippen LogP) is 3.93. The number of carbonyl (C=O) groups is 1. The van der Waals surface area contributed by atoms with Crippen molar-refractivity contribution in [3.8, 4) is 0 Å². The molecule has 1 aliphatic rings. The van der Waals surface area contributed by atoms with E-state index in [1.165, 1.54) is 11.1 Å². The highest BCUT2D eigenvalue weighted by atomic mass is 35.5. The minimum absolute atomic E-state index is 0.276. The zero-order valence-corrected chi connectivity index (χ0v) is 19.8. The molecule has 2 aromatic heterocycles. The number of nitrogens with zero attached hydrogens (tertiary/aromatic N) is 4. The molecule has 0 bridgehead atoms. The third-order valence-corrected chi connectivity index (χ3v) is 6.16. The number of nitrogens with two attached hydrogens (primary N) is 1. The van der Waals surface area contributed by atoms with Crippen LogP contribution in [0.5, 0.6) is 0 Å². The predicted molar refractivity (Wildman–Crippen MR) is 130 cm³/mol. The highest BCUT2D eigenvalue weighted by molar-refractivity contribution is 6.32. The van der Waals surface area contributed by atoms with Crippen molar-refractivity contribution in [3.05, 3.63) is 51.8 Å². The summed E-state index contributed by atoms with van der Waals surface area (Å²) in [6.45, 7) is 8.18. The highest BCUT2D eigenvalue weighted by Crippen LogP contribution is 2.33. The number of primary amides is 1. The number of aromatic nitrogens is 4. The number of aryl methyl sites for hydroxylation is 3. The van der Waals surface area contributed by atoms with Gasteiger partial charge in [0.25, 0.3) is 0 Å². The summed E-state index contributed by atoms with van der Waals surface area (Å²) in [5.41, 5.74) is 10.9. The lowest BCUT2D eigenvalue weighted by Gasteiger charge is -2.33. The molecule has 1 fully saturated rings. The van der Waals surface area contributed by atoms with Crippen LogP contribution in [0.1, 0.15) is 41.1 Å². The number of anilines is 4. The van der Waals surface area contributed by atoms with Crippen molar-refractivity contribution in [3.63, 3.8) is 0 Å². The number of piperidine rings is 1. The SMILES string of the molecule is Cc1cc(Nc2nc(Nc3cc(C)c(C4CCCN(CC(N)=O)C4)cc3C)ncc2Cl)n[nH]1. The number of benzene rings is 1. The summed E-state index contributed by atoms with van der Waals surface area (Å²) in [5, 5.41) is 13.9. The Morgan fingerprint density at radius 1 is 1.24 bits per heavy atom. The lowest BCUT2D eigenvalue weighted by molar-refractivity contribution is -0.119. The number of hydrogen-bond acceptors (Lipinski definition) is 7. The van der Waals surface area contributed by atoms with E-state index in [4.69, 9.17) is 17.3 Å². The molecule has 33 heavy (non-hydrogen) atoms. The Morgan fingerprint density at radius 3 is 2.79 bits per heavy atom. The van der Waals surface area contributed by atoms with Crippen LogP contribution < -0.4 is 16.4 Å². The second-order valence-corrected chi connectivity index (χ2v) is 9.05. The molecule has 1 aromatic carbocycles. The molecule has 1 aliphatic heterocycles. The Balaban J connectivity index is 1.52. The van der Waals surface area contributed by atoms with Crippen LogP contribution in [0.25, 0.3) is 0 Å². The van der Waals surface area contributed by atoms with Gasteiger partial charge in [-0.15, -0.1) is 0 Å². The summed E-state index contributed by atoms with van der Waals surface area (Å²) >= 11 is 6.28. The number of likely N-dealkylation sites (tertiary alicyclic amines) is 1. The topological polar surface area (TPSA) is 125 Å². The number of hydrogen-bond donors (Lipinski definition) is 4. The average Bonchev–Trinajstić information content (AvgIpc) is 3.17. The zero-order chi connectivity index (χ0) is 23.5. The van der Waals surface area contributed by atoms with Crippen molar-refractivity contribution in [2.75, 3.05) is 30.3 Å². The lowest BCUT2D eigenvalue weighted by Crippen LogP contribution is -2.40. The van der Waals surface area contributed by atoms with Crippen LogP contribution in [-0.2, 0) is 4.79 Å². The third-order valence-electron chi connectivity index (χ3n) is 5.88. The Morgan fingerprint density at radius 2 is 2.06 bits per heavy atom. The van der Waals surface area contributed by atoms with Gasteiger partial charge in [0.15, 0.2) is 11.6 Å². The van der Waals surface area contributed by atoms with Crippen molar-refractivity contribution in [2.45, 2.75) is 39.5 Å². The average molecular weight is 469 g/mol. The number of rotatable bonds is 7. The molecule has 0 saturated carbocycles. The fraction of sp³-hybridized carbons (Fsp3) is 0.391. The maximum absolute atomic E-state index is 11.3. The van der Waals surface area contributed by atoms with Crippen molar-refractivity contribution in [2.24, 2.45) is 5.73 Å². The van der Waals surface area contributed by atoms with Crippen molar-refractivity contribution < 1.29 is 4.79 Å². The zero-order valence-electron chi connectivity index (χ0n) is 19.1. The van der Waals surface area contributed by atoms with E-state index in [0.717, 1.165) is 42.9 Å². The van der Waals surface area contributed by atoms with E-state index in [0.29, 0.717) is 35.1 Å². The molecule has 3 heterocycles. The third kappa shape index (κ3) is 5.61. The highest BCUT2D eigenvalue weighted by Gasteiger charge is 2.24. The van der Waals surface area contributed by atoms with Crippen LogP contribution >= 0.6 is 11.6 Å². The van der Waals surface area contributed by atoms with E-state index in [9.17, 15) is 4.79 Å². The molecular formula is C23H29ClN8O. The van der Waals surface area contributed by atoms with Crippen LogP contribution in [0.15, 0.2) is 24.4 Å². The molecule has 9 nitrogen and oxygen atoms in total. The lowest BCUT2D eigenvalue weighted by atomic mass is 9.86. The number of halogens is 1. The monoisotopic (exact) mass is 468 g/mol. The smallest absolute Gasteiger partial charge is 0.231 e. The number of carbonyl (C=O) groups excluding carboxylic acids is 1. The van der Waals surface area contributed by atoms with Gasteiger partial charge in [-0.1, -0.05) is 17.7 Å². The summed E-state index contributed by atoms with van der Waals surface area (Å²) in [4.78, 5) is 22.3. The summed E-state index contributed by atoms with van der Waals surface area (Å²) in [5.74, 6) is 1.65. The van der Waals surface area contributed by atoms with Crippen LogP contribution in [-0.4, -0.2) is 50.6 Å². The Bertz CT molecular complexity index is 1160. The summed E-state index contributed by atoms with van der Waals surface area (Å²) < 4.78 is 0. The van der Waals surface area contributed by atoms with E-state index in [-0.39, 0.29) is 5.91 Å². The molecule has 0 aliphatic carbocycles. The molecule has 0 radical (unpaired) electrons. The molecule has 3 aromatic rings. The molecule has 1 saturated heterocycles. The van der Waals surface area contributed by atoms with E-state index < -0.39 is 0 Å². The van der Waals surface area contributed by atoms with Crippen molar-refractivity contribution in [1.82, 2.24) is 25.1 Å². The maximum Gasteiger partial charge on any atom is 0.231 e. The minimum atomic E-state index is -0.276. The molecule has 1 amide bonds. The number of H-pyrrole nitrogens is 1. The van der Waals surface area contributed by atoms with Gasteiger partial charge in [0.05, 0.1) is 12.7 Å². The summed E-state index contributed by atoms with van der Waals surface area (Å²) in [6.07, 6.45) is 3.72. The minimum Gasteiger partial charge on any atom is -0.369 e. The van der Waals surface area contributed by atoms with Gasteiger partial charge < -0.3 is 16.4 Å². The quantitative estimate of drug-likeness (QED) is 0.414. The molecule has 5 N–H and O–H groups in total.